The average molecular weight is 325 g/mol. The van der Waals surface area contributed by atoms with Crippen LogP contribution in [-0.2, 0) is 0 Å². The van der Waals surface area contributed by atoms with Crippen LogP contribution >= 0.6 is 15.9 Å². The third-order valence-corrected chi connectivity index (χ3v) is 4.08. The molecule has 19 heavy (non-hydrogen) atoms. The molecule has 1 aliphatic heterocycles. The lowest BCUT2D eigenvalue weighted by molar-refractivity contribution is 0.196. The Morgan fingerprint density at radius 3 is 2.58 bits per heavy atom. The molecule has 0 spiro atoms. The molecule has 2 rings (SSSR count). The molecule has 1 aliphatic rings. The zero-order chi connectivity index (χ0) is 13.7. The van der Waals surface area contributed by atoms with Gasteiger partial charge in [0.25, 0.3) is 0 Å². The highest BCUT2D eigenvalue weighted by Gasteiger charge is 2.17. The van der Waals surface area contributed by atoms with Crippen LogP contribution in [0.4, 0.5) is 4.79 Å². The topological polar surface area (TPSA) is 32.3 Å². The highest BCUT2D eigenvalue weighted by molar-refractivity contribution is 9.10. The van der Waals surface area contributed by atoms with Crippen molar-refractivity contribution >= 4 is 22.0 Å². The number of likely N-dealkylation sites (tertiary alicyclic amines) is 1. The van der Waals surface area contributed by atoms with Crippen LogP contribution in [0.1, 0.15) is 44.2 Å². The van der Waals surface area contributed by atoms with Crippen molar-refractivity contribution in [1.82, 2.24) is 10.2 Å². The molecule has 1 unspecified atom stereocenters. The van der Waals surface area contributed by atoms with E-state index in [0.717, 1.165) is 36.0 Å². The number of urea groups is 1. The van der Waals surface area contributed by atoms with Gasteiger partial charge in [0.15, 0.2) is 0 Å². The Morgan fingerprint density at radius 2 is 1.95 bits per heavy atom. The van der Waals surface area contributed by atoms with Crippen molar-refractivity contribution in [3.05, 3.63) is 34.3 Å². The Balaban J connectivity index is 1.94. The highest BCUT2D eigenvalue weighted by Crippen LogP contribution is 2.18. The summed E-state index contributed by atoms with van der Waals surface area (Å²) in [7, 11) is 0. The second-order valence-corrected chi connectivity index (χ2v) is 6.04. The number of carbonyl (C=O) groups is 1. The maximum atomic E-state index is 12.2. The van der Waals surface area contributed by atoms with Gasteiger partial charge in [0.2, 0.25) is 0 Å². The fourth-order valence-corrected chi connectivity index (χ4v) is 2.83. The van der Waals surface area contributed by atoms with E-state index in [1.54, 1.807) is 0 Å². The number of halogens is 1. The molecular formula is C15H21BrN2O. The first-order valence-corrected chi connectivity index (χ1v) is 7.77. The van der Waals surface area contributed by atoms with Gasteiger partial charge < -0.3 is 10.2 Å². The molecule has 1 N–H and O–H groups in total. The summed E-state index contributed by atoms with van der Waals surface area (Å²) in [4.78, 5) is 14.2. The van der Waals surface area contributed by atoms with Crippen molar-refractivity contribution in [3.8, 4) is 0 Å². The van der Waals surface area contributed by atoms with E-state index in [0.29, 0.717) is 0 Å². The van der Waals surface area contributed by atoms with E-state index in [1.807, 2.05) is 36.1 Å². The largest absolute Gasteiger partial charge is 0.331 e. The number of benzene rings is 1. The van der Waals surface area contributed by atoms with Gasteiger partial charge >= 0.3 is 6.03 Å². The summed E-state index contributed by atoms with van der Waals surface area (Å²) >= 11 is 3.46. The van der Waals surface area contributed by atoms with Crippen LogP contribution in [0.5, 0.6) is 0 Å². The van der Waals surface area contributed by atoms with Gasteiger partial charge in [-0.15, -0.1) is 0 Å². The molecule has 1 saturated heterocycles. The van der Waals surface area contributed by atoms with Gasteiger partial charge in [0.05, 0.1) is 6.04 Å². The van der Waals surface area contributed by atoms with Crippen LogP contribution in [-0.4, -0.2) is 24.0 Å². The van der Waals surface area contributed by atoms with Crippen LogP contribution in [0.3, 0.4) is 0 Å². The molecule has 0 bridgehead atoms. The van der Waals surface area contributed by atoms with E-state index < -0.39 is 0 Å². The Labute approximate surface area is 123 Å². The third kappa shape index (κ3) is 4.23. The number of nitrogens with zero attached hydrogens (tertiary/aromatic N) is 1. The minimum absolute atomic E-state index is 0.0354. The van der Waals surface area contributed by atoms with Crippen molar-refractivity contribution in [1.29, 1.82) is 0 Å². The summed E-state index contributed by atoms with van der Waals surface area (Å²) in [6, 6.07) is 8.18. The molecule has 1 fully saturated rings. The molecule has 3 nitrogen and oxygen atoms in total. The van der Waals surface area contributed by atoms with E-state index in [-0.39, 0.29) is 12.1 Å². The van der Waals surface area contributed by atoms with Crippen molar-refractivity contribution in [3.63, 3.8) is 0 Å². The van der Waals surface area contributed by atoms with Gasteiger partial charge in [-0.3, -0.25) is 0 Å². The summed E-state index contributed by atoms with van der Waals surface area (Å²) in [6.45, 7) is 3.80. The van der Waals surface area contributed by atoms with Crippen molar-refractivity contribution < 1.29 is 4.79 Å². The second-order valence-electron chi connectivity index (χ2n) is 5.13. The van der Waals surface area contributed by atoms with Crippen molar-refractivity contribution in [2.45, 2.75) is 38.6 Å². The summed E-state index contributed by atoms with van der Waals surface area (Å²) < 4.78 is 1.04. The summed E-state index contributed by atoms with van der Waals surface area (Å²) in [5.74, 6) is 0. The SMILES string of the molecule is CC(NC(=O)N1CCCCCC1)c1cccc(Br)c1. The second kappa shape index (κ2) is 6.94. The normalized spacial score (nSPS) is 17.7. The van der Waals surface area contributed by atoms with Crippen molar-refractivity contribution in [2.24, 2.45) is 0 Å². The lowest BCUT2D eigenvalue weighted by Gasteiger charge is -2.24. The molecule has 0 aromatic heterocycles. The van der Waals surface area contributed by atoms with Gasteiger partial charge in [-0.25, -0.2) is 4.79 Å². The van der Waals surface area contributed by atoms with Gasteiger partial charge in [-0.05, 0) is 37.5 Å². The molecule has 2 amide bonds. The van der Waals surface area contributed by atoms with E-state index in [4.69, 9.17) is 0 Å². The average Bonchev–Trinajstić information content (AvgIpc) is 2.67. The first-order chi connectivity index (χ1) is 9.16. The Kier molecular flexibility index (Phi) is 5.25. The first kappa shape index (κ1) is 14.4. The van der Waals surface area contributed by atoms with Gasteiger partial charge in [0, 0.05) is 17.6 Å². The fraction of sp³-hybridized carbons (Fsp3) is 0.533. The van der Waals surface area contributed by atoms with Crippen LogP contribution in [0.2, 0.25) is 0 Å². The zero-order valence-corrected chi connectivity index (χ0v) is 12.9. The zero-order valence-electron chi connectivity index (χ0n) is 11.4. The van der Waals surface area contributed by atoms with Gasteiger partial charge in [0.1, 0.15) is 0 Å². The summed E-state index contributed by atoms with van der Waals surface area (Å²) in [5.41, 5.74) is 1.12. The predicted molar refractivity (Wildman–Crippen MR) is 81.1 cm³/mol. The Bertz CT molecular complexity index is 428. The number of hydrogen-bond acceptors (Lipinski definition) is 1. The fourth-order valence-electron chi connectivity index (χ4n) is 2.41. The van der Waals surface area contributed by atoms with E-state index in [1.165, 1.54) is 12.8 Å². The standard InChI is InChI=1S/C15H21BrN2O/c1-12(13-7-6-8-14(16)11-13)17-15(19)18-9-4-2-3-5-10-18/h6-8,11-12H,2-5,9-10H2,1H3,(H,17,19). The van der Waals surface area contributed by atoms with Gasteiger partial charge in [-0.2, -0.15) is 0 Å². The Morgan fingerprint density at radius 1 is 1.26 bits per heavy atom. The summed E-state index contributed by atoms with van der Waals surface area (Å²) in [6.07, 6.45) is 4.73. The maximum absolute atomic E-state index is 12.2. The number of nitrogens with one attached hydrogen (secondary N) is 1. The number of amides is 2. The number of carbonyl (C=O) groups excluding carboxylic acids is 1. The van der Waals surface area contributed by atoms with Crippen LogP contribution in [0, 0.1) is 0 Å². The van der Waals surface area contributed by atoms with Crippen LogP contribution < -0.4 is 5.32 Å². The monoisotopic (exact) mass is 324 g/mol. The molecule has 4 heteroatoms. The van der Waals surface area contributed by atoms with Crippen LogP contribution in [0.15, 0.2) is 28.7 Å². The number of rotatable bonds is 2. The van der Waals surface area contributed by atoms with Crippen LogP contribution in [0.25, 0.3) is 0 Å². The summed E-state index contributed by atoms with van der Waals surface area (Å²) in [5, 5.41) is 3.09. The molecule has 1 atom stereocenters. The van der Waals surface area contributed by atoms with E-state index in [2.05, 4.69) is 21.2 Å². The smallest absolute Gasteiger partial charge is 0.317 e. The Hall–Kier alpha value is -1.03. The van der Waals surface area contributed by atoms with Gasteiger partial charge in [-0.1, -0.05) is 40.9 Å². The predicted octanol–water partition coefficient (Wildman–Crippen LogP) is 4.10. The molecule has 104 valence electrons. The maximum Gasteiger partial charge on any atom is 0.317 e. The molecule has 1 aromatic carbocycles. The molecule has 0 radical (unpaired) electrons. The van der Waals surface area contributed by atoms with Crippen molar-refractivity contribution in [2.75, 3.05) is 13.1 Å². The molecular weight excluding hydrogens is 304 g/mol. The quantitative estimate of drug-likeness (QED) is 0.872. The minimum Gasteiger partial charge on any atom is -0.331 e. The first-order valence-electron chi connectivity index (χ1n) is 6.98. The third-order valence-electron chi connectivity index (χ3n) is 3.58. The molecule has 1 aromatic rings. The lowest BCUT2D eigenvalue weighted by atomic mass is 10.1. The number of hydrogen-bond donors (Lipinski definition) is 1. The minimum atomic E-state index is 0.0354. The lowest BCUT2D eigenvalue weighted by Crippen LogP contribution is -2.41. The molecule has 0 saturated carbocycles. The molecule has 0 aliphatic carbocycles. The highest BCUT2D eigenvalue weighted by atomic mass is 79.9. The van der Waals surface area contributed by atoms with E-state index in [9.17, 15) is 4.79 Å². The molecule has 1 heterocycles. The van der Waals surface area contributed by atoms with E-state index >= 15 is 0 Å².